The summed E-state index contributed by atoms with van der Waals surface area (Å²) in [6, 6.07) is 3.61. The average molecular weight is 443 g/mol. The minimum absolute atomic E-state index is 0.00847. The van der Waals surface area contributed by atoms with Crippen molar-refractivity contribution < 1.29 is 18.0 Å². The van der Waals surface area contributed by atoms with E-state index in [1.807, 2.05) is 5.38 Å². The third-order valence-corrected chi connectivity index (χ3v) is 8.72. The van der Waals surface area contributed by atoms with Crippen LogP contribution >= 0.6 is 11.3 Å². The van der Waals surface area contributed by atoms with Gasteiger partial charge in [0.15, 0.2) is 0 Å². The van der Waals surface area contributed by atoms with Crippen LogP contribution in [0.15, 0.2) is 17.5 Å². The van der Waals surface area contributed by atoms with Gasteiger partial charge in [0.2, 0.25) is 5.91 Å². The standard InChI is InChI=1S/C19H30N4O4S2/c1-20(19(25)17-9-6-14-28-17)15-18(24)22-10-12-23(13-11-22)29(26,27)21(2)16-7-4-3-5-8-16/h6,9,14,16H,3-5,7-8,10-13,15H2,1-2H3. The summed E-state index contributed by atoms with van der Waals surface area (Å²) >= 11 is 1.35. The second-order valence-electron chi connectivity index (χ2n) is 7.73. The van der Waals surface area contributed by atoms with Gasteiger partial charge in [-0.1, -0.05) is 25.3 Å². The highest BCUT2D eigenvalue weighted by Crippen LogP contribution is 2.25. The Morgan fingerprint density at radius 1 is 1.10 bits per heavy atom. The van der Waals surface area contributed by atoms with E-state index in [0.29, 0.717) is 18.0 Å². The maximum Gasteiger partial charge on any atom is 0.282 e. The molecule has 0 unspecified atom stereocenters. The number of nitrogens with zero attached hydrogens (tertiary/aromatic N) is 4. The number of likely N-dealkylation sites (N-methyl/N-ethyl adjacent to an activating group) is 1. The Bertz CT molecular complexity index is 798. The van der Waals surface area contributed by atoms with E-state index in [4.69, 9.17) is 0 Å². The normalized spacial score (nSPS) is 19.5. The molecule has 0 N–H and O–H groups in total. The molecule has 1 aromatic rings. The zero-order valence-corrected chi connectivity index (χ0v) is 18.8. The lowest BCUT2D eigenvalue weighted by Crippen LogP contribution is -2.56. The van der Waals surface area contributed by atoms with Gasteiger partial charge in [-0.2, -0.15) is 17.0 Å². The average Bonchev–Trinajstić information content (AvgIpc) is 3.28. The van der Waals surface area contributed by atoms with Gasteiger partial charge in [-0.05, 0) is 24.3 Å². The van der Waals surface area contributed by atoms with Crippen LogP contribution in [0.4, 0.5) is 0 Å². The molecule has 2 heterocycles. The van der Waals surface area contributed by atoms with Crippen molar-refractivity contribution in [3.8, 4) is 0 Å². The van der Waals surface area contributed by atoms with Crippen molar-refractivity contribution in [1.29, 1.82) is 0 Å². The van der Waals surface area contributed by atoms with E-state index in [0.717, 1.165) is 25.7 Å². The Kier molecular flexibility index (Phi) is 7.31. The van der Waals surface area contributed by atoms with Gasteiger partial charge in [0, 0.05) is 46.3 Å². The summed E-state index contributed by atoms with van der Waals surface area (Å²) in [5.74, 6) is -0.334. The van der Waals surface area contributed by atoms with Crippen LogP contribution in [0.5, 0.6) is 0 Å². The molecule has 2 aliphatic rings. The number of rotatable bonds is 6. The number of thiophene rings is 1. The van der Waals surface area contributed by atoms with Crippen LogP contribution in [0.1, 0.15) is 41.8 Å². The molecule has 0 radical (unpaired) electrons. The first kappa shape index (κ1) is 22.2. The van der Waals surface area contributed by atoms with Crippen LogP contribution in [-0.2, 0) is 15.0 Å². The van der Waals surface area contributed by atoms with Gasteiger partial charge in [0.25, 0.3) is 16.1 Å². The van der Waals surface area contributed by atoms with Crippen LogP contribution < -0.4 is 0 Å². The van der Waals surface area contributed by atoms with E-state index in [2.05, 4.69) is 0 Å². The van der Waals surface area contributed by atoms with Crippen molar-refractivity contribution in [2.24, 2.45) is 0 Å². The SMILES string of the molecule is CN(CC(=O)N1CCN(S(=O)(=O)N(C)C2CCCCC2)CC1)C(=O)c1cccs1. The molecular formula is C19H30N4O4S2. The number of carbonyl (C=O) groups is 2. The van der Waals surface area contributed by atoms with Gasteiger partial charge in [-0.15, -0.1) is 11.3 Å². The van der Waals surface area contributed by atoms with Crippen LogP contribution in [0.2, 0.25) is 0 Å². The predicted molar refractivity (Wildman–Crippen MR) is 113 cm³/mol. The predicted octanol–water partition coefficient (Wildman–Crippen LogP) is 1.47. The molecule has 10 heteroatoms. The van der Waals surface area contributed by atoms with E-state index in [-0.39, 0.29) is 37.5 Å². The van der Waals surface area contributed by atoms with E-state index < -0.39 is 10.2 Å². The van der Waals surface area contributed by atoms with Crippen molar-refractivity contribution in [3.63, 3.8) is 0 Å². The largest absolute Gasteiger partial charge is 0.339 e. The van der Waals surface area contributed by atoms with Gasteiger partial charge in [0.1, 0.15) is 0 Å². The van der Waals surface area contributed by atoms with Gasteiger partial charge in [-0.3, -0.25) is 9.59 Å². The summed E-state index contributed by atoms with van der Waals surface area (Å²) < 4.78 is 28.9. The second kappa shape index (κ2) is 9.55. The zero-order chi connectivity index (χ0) is 21.0. The molecule has 29 heavy (non-hydrogen) atoms. The first-order valence-electron chi connectivity index (χ1n) is 10.1. The first-order valence-corrected chi connectivity index (χ1v) is 12.4. The molecule has 1 aliphatic heterocycles. The first-order chi connectivity index (χ1) is 13.8. The highest BCUT2D eigenvalue weighted by atomic mass is 32.2. The molecule has 1 aliphatic carbocycles. The maximum atomic E-state index is 13.0. The number of piperazine rings is 1. The third kappa shape index (κ3) is 5.17. The molecule has 1 aromatic heterocycles. The Morgan fingerprint density at radius 3 is 2.34 bits per heavy atom. The van der Waals surface area contributed by atoms with Crippen LogP contribution in [0, 0.1) is 0 Å². The van der Waals surface area contributed by atoms with E-state index >= 15 is 0 Å². The monoisotopic (exact) mass is 442 g/mol. The van der Waals surface area contributed by atoms with E-state index in [9.17, 15) is 18.0 Å². The summed E-state index contributed by atoms with van der Waals surface area (Å²) in [5.41, 5.74) is 0. The number of carbonyl (C=O) groups excluding carboxylic acids is 2. The van der Waals surface area contributed by atoms with Gasteiger partial charge in [0.05, 0.1) is 11.4 Å². The molecule has 8 nitrogen and oxygen atoms in total. The highest BCUT2D eigenvalue weighted by Gasteiger charge is 2.35. The molecule has 2 amide bonds. The molecular weight excluding hydrogens is 412 g/mol. The zero-order valence-electron chi connectivity index (χ0n) is 17.1. The Labute approximate surface area is 177 Å². The summed E-state index contributed by atoms with van der Waals surface area (Å²) in [7, 11) is -0.226. The molecule has 2 fully saturated rings. The molecule has 3 rings (SSSR count). The molecule has 0 aromatic carbocycles. The minimum Gasteiger partial charge on any atom is -0.339 e. The van der Waals surface area contributed by atoms with Crippen molar-refractivity contribution in [2.75, 3.05) is 46.8 Å². The number of hydrogen-bond donors (Lipinski definition) is 0. The lowest BCUT2D eigenvalue weighted by molar-refractivity contribution is -0.132. The maximum absolute atomic E-state index is 13.0. The number of amides is 2. The molecule has 0 atom stereocenters. The highest BCUT2D eigenvalue weighted by molar-refractivity contribution is 7.86. The van der Waals surface area contributed by atoms with Crippen LogP contribution in [-0.4, -0.2) is 91.5 Å². The van der Waals surface area contributed by atoms with Crippen molar-refractivity contribution in [3.05, 3.63) is 22.4 Å². The smallest absolute Gasteiger partial charge is 0.282 e. The summed E-state index contributed by atoms with van der Waals surface area (Å²) in [6.07, 6.45) is 5.15. The summed E-state index contributed by atoms with van der Waals surface area (Å²) in [5, 5.41) is 1.83. The molecule has 1 saturated heterocycles. The van der Waals surface area contributed by atoms with Crippen LogP contribution in [0.3, 0.4) is 0 Å². The molecule has 162 valence electrons. The summed E-state index contributed by atoms with van der Waals surface area (Å²) in [6.45, 7) is 1.25. The molecule has 0 bridgehead atoms. The Balaban J connectivity index is 1.51. The van der Waals surface area contributed by atoms with Gasteiger partial charge in [-0.25, -0.2) is 0 Å². The van der Waals surface area contributed by atoms with Crippen molar-refractivity contribution in [1.82, 2.24) is 18.4 Å². The topological polar surface area (TPSA) is 81.2 Å². The third-order valence-electron chi connectivity index (χ3n) is 5.82. The van der Waals surface area contributed by atoms with Gasteiger partial charge < -0.3 is 9.80 Å². The van der Waals surface area contributed by atoms with Crippen molar-refractivity contribution >= 4 is 33.4 Å². The molecule has 0 spiro atoms. The van der Waals surface area contributed by atoms with Crippen molar-refractivity contribution in [2.45, 2.75) is 38.1 Å². The fourth-order valence-electron chi connectivity index (χ4n) is 3.95. The summed E-state index contributed by atoms with van der Waals surface area (Å²) in [4.78, 5) is 28.5. The second-order valence-corrected chi connectivity index (χ2v) is 10.7. The van der Waals surface area contributed by atoms with Gasteiger partial charge >= 0.3 is 0 Å². The number of hydrogen-bond acceptors (Lipinski definition) is 5. The fourth-order valence-corrected chi connectivity index (χ4v) is 6.24. The van der Waals surface area contributed by atoms with E-state index in [1.54, 1.807) is 31.1 Å². The fraction of sp³-hybridized carbons (Fsp3) is 0.684. The van der Waals surface area contributed by atoms with E-state index in [1.165, 1.54) is 31.3 Å². The molecule has 1 saturated carbocycles. The minimum atomic E-state index is -3.51. The Hall–Kier alpha value is -1.49. The lowest BCUT2D eigenvalue weighted by Gasteiger charge is -2.39. The quantitative estimate of drug-likeness (QED) is 0.668. The Morgan fingerprint density at radius 2 is 1.76 bits per heavy atom. The van der Waals surface area contributed by atoms with Crippen LogP contribution in [0.25, 0.3) is 0 Å². The lowest BCUT2D eigenvalue weighted by atomic mass is 9.96.